The summed E-state index contributed by atoms with van der Waals surface area (Å²) in [6.45, 7) is 0. The normalized spacial score (nSPS) is 36.3. The Morgan fingerprint density at radius 3 is 2.36 bits per heavy atom. The molecule has 2 aliphatic carbocycles. The summed E-state index contributed by atoms with van der Waals surface area (Å²) in [5.41, 5.74) is 0.417. The van der Waals surface area contributed by atoms with E-state index < -0.39 is 0 Å². The van der Waals surface area contributed by atoms with E-state index in [4.69, 9.17) is 0 Å². The highest BCUT2D eigenvalue weighted by molar-refractivity contribution is 4.98. The third kappa shape index (κ3) is 1.44. The molecule has 1 heteroatoms. The highest BCUT2D eigenvalue weighted by atomic mass is 16.3. The van der Waals surface area contributed by atoms with Crippen LogP contribution in [0.15, 0.2) is 0 Å². The van der Waals surface area contributed by atoms with E-state index in [1.807, 2.05) is 0 Å². The third-order valence-corrected chi connectivity index (χ3v) is 3.50. The molecule has 0 saturated heterocycles. The molecule has 0 aromatic heterocycles. The standard InChI is InChI=1S/C10H18O/c11-9-5-3-1-2-4-6-10(9)7-8-10/h9,11H,1-8H2. The average Bonchev–Trinajstić information content (AvgIpc) is 2.74. The van der Waals surface area contributed by atoms with Gasteiger partial charge in [-0.1, -0.05) is 25.7 Å². The molecule has 0 aromatic rings. The Hall–Kier alpha value is -0.0400. The SMILES string of the molecule is OC1CCCCCCC12CC2. The van der Waals surface area contributed by atoms with E-state index in [0.29, 0.717) is 5.41 Å². The molecule has 2 fully saturated rings. The maximum absolute atomic E-state index is 9.80. The van der Waals surface area contributed by atoms with Gasteiger partial charge >= 0.3 is 0 Å². The van der Waals surface area contributed by atoms with Gasteiger partial charge in [0.2, 0.25) is 0 Å². The topological polar surface area (TPSA) is 20.2 Å². The predicted molar refractivity (Wildman–Crippen MR) is 45.4 cm³/mol. The Bertz CT molecular complexity index is 138. The smallest absolute Gasteiger partial charge is 0.0596 e. The number of aliphatic hydroxyl groups excluding tert-OH is 1. The molecule has 0 aromatic carbocycles. The molecule has 1 atom stereocenters. The van der Waals surface area contributed by atoms with Gasteiger partial charge in [0.15, 0.2) is 0 Å². The van der Waals surface area contributed by atoms with Crippen LogP contribution in [0, 0.1) is 5.41 Å². The van der Waals surface area contributed by atoms with Crippen molar-refractivity contribution in [3.05, 3.63) is 0 Å². The van der Waals surface area contributed by atoms with Gasteiger partial charge in [0, 0.05) is 0 Å². The molecule has 0 amide bonds. The summed E-state index contributed by atoms with van der Waals surface area (Å²) in [6, 6.07) is 0. The first-order chi connectivity index (χ1) is 5.33. The molecule has 1 nitrogen and oxygen atoms in total. The summed E-state index contributed by atoms with van der Waals surface area (Å²) in [5.74, 6) is 0. The van der Waals surface area contributed by atoms with Crippen LogP contribution in [-0.2, 0) is 0 Å². The largest absolute Gasteiger partial charge is 0.393 e. The van der Waals surface area contributed by atoms with Crippen LogP contribution in [0.2, 0.25) is 0 Å². The van der Waals surface area contributed by atoms with Gasteiger partial charge in [0.05, 0.1) is 6.10 Å². The van der Waals surface area contributed by atoms with E-state index in [1.54, 1.807) is 0 Å². The second-order valence-electron chi connectivity index (χ2n) is 4.33. The molecular formula is C10H18O. The Balaban J connectivity index is 1.94. The Labute approximate surface area is 68.8 Å². The van der Waals surface area contributed by atoms with Gasteiger partial charge in [-0.25, -0.2) is 0 Å². The van der Waals surface area contributed by atoms with Gasteiger partial charge < -0.3 is 5.11 Å². The van der Waals surface area contributed by atoms with Crippen molar-refractivity contribution in [2.75, 3.05) is 0 Å². The van der Waals surface area contributed by atoms with Gasteiger partial charge in [-0.15, -0.1) is 0 Å². The van der Waals surface area contributed by atoms with Crippen LogP contribution in [0.1, 0.15) is 51.4 Å². The van der Waals surface area contributed by atoms with Gasteiger partial charge in [-0.05, 0) is 31.1 Å². The minimum absolute atomic E-state index is 0.0443. The van der Waals surface area contributed by atoms with Crippen LogP contribution in [0.4, 0.5) is 0 Å². The zero-order valence-electron chi connectivity index (χ0n) is 7.18. The molecule has 1 N–H and O–H groups in total. The monoisotopic (exact) mass is 154 g/mol. The van der Waals surface area contributed by atoms with Crippen molar-refractivity contribution in [1.29, 1.82) is 0 Å². The van der Waals surface area contributed by atoms with E-state index in [0.717, 1.165) is 6.42 Å². The van der Waals surface area contributed by atoms with Crippen LogP contribution in [0.25, 0.3) is 0 Å². The second-order valence-corrected chi connectivity index (χ2v) is 4.33. The first kappa shape index (κ1) is 7.60. The van der Waals surface area contributed by atoms with Crippen LogP contribution >= 0.6 is 0 Å². The Morgan fingerprint density at radius 1 is 0.909 bits per heavy atom. The first-order valence-corrected chi connectivity index (χ1v) is 5.02. The minimum atomic E-state index is 0.0443. The van der Waals surface area contributed by atoms with Crippen molar-refractivity contribution < 1.29 is 5.11 Å². The average molecular weight is 154 g/mol. The maximum Gasteiger partial charge on any atom is 0.0596 e. The molecule has 0 radical (unpaired) electrons. The predicted octanol–water partition coefficient (Wildman–Crippen LogP) is 2.48. The number of hydrogen-bond acceptors (Lipinski definition) is 1. The Kier molecular flexibility index (Phi) is 1.92. The van der Waals surface area contributed by atoms with Gasteiger partial charge in [-0.2, -0.15) is 0 Å². The van der Waals surface area contributed by atoms with Gasteiger partial charge in [0.25, 0.3) is 0 Å². The van der Waals surface area contributed by atoms with Gasteiger partial charge in [-0.3, -0.25) is 0 Å². The summed E-state index contributed by atoms with van der Waals surface area (Å²) >= 11 is 0. The van der Waals surface area contributed by atoms with E-state index in [1.165, 1.54) is 44.9 Å². The fraction of sp³-hybridized carbons (Fsp3) is 1.00. The molecular weight excluding hydrogens is 136 g/mol. The van der Waals surface area contributed by atoms with Crippen molar-refractivity contribution in [3.8, 4) is 0 Å². The quantitative estimate of drug-likeness (QED) is 0.568. The number of hydrogen-bond donors (Lipinski definition) is 1. The lowest BCUT2D eigenvalue weighted by molar-refractivity contribution is 0.0688. The molecule has 11 heavy (non-hydrogen) atoms. The lowest BCUT2D eigenvalue weighted by atomic mass is 9.86. The number of rotatable bonds is 0. The van der Waals surface area contributed by atoms with Crippen molar-refractivity contribution >= 4 is 0 Å². The maximum atomic E-state index is 9.80. The molecule has 1 spiro atoms. The van der Waals surface area contributed by atoms with Crippen LogP contribution in [0.3, 0.4) is 0 Å². The van der Waals surface area contributed by atoms with Crippen molar-refractivity contribution in [2.24, 2.45) is 5.41 Å². The zero-order valence-corrected chi connectivity index (χ0v) is 7.18. The summed E-state index contributed by atoms with van der Waals surface area (Å²) < 4.78 is 0. The second kappa shape index (κ2) is 2.78. The molecule has 1 unspecified atom stereocenters. The lowest BCUT2D eigenvalue weighted by Crippen LogP contribution is -2.23. The zero-order chi connectivity index (χ0) is 7.73. The highest BCUT2D eigenvalue weighted by Crippen LogP contribution is 2.54. The van der Waals surface area contributed by atoms with E-state index in [-0.39, 0.29) is 6.10 Å². The molecule has 2 saturated carbocycles. The van der Waals surface area contributed by atoms with E-state index in [2.05, 4.69) is 0 Å². The first-order valence-electron chi connectivity index (χ1n) is 5.02. The molecule has 0 heterocycles. The van der Waals surface area contributed by atoms with E-state index in [9.17, 15) is 5.11 Å². The highest BCUT2D eigenvalue weighted by Gasteiger charge is 2.47. The summed E-state index contributed by atoms with van der Waals surface area (Å²) in [7, 11) is 0. The summed E-state index contributed by atoms with van der Waals surface area (Å²) in [5, 5.41) is 9.80. The van der Waals surface area contributed by atoms with Crippen molar-refractivity contribution in [3.63, 3.8) is 0 Å². The van der Waals surface area contributed by atoms with Crippen LogP contribution in [-0.4, -0.2) is 11.2 Å². The van der Waals surface area contributed by atoms with Crippen LogP contribution in [0.5, 0.6) is 0 Å². The molecule has 2 aliphatic rings. The number of aliphatic hydroxyl groups is 1. The molecule has 2 rings (SSSR count). The van der Waals surface area contributed by atoms with E-state index >= 15 is 0 Å². The van der Waals surface area contributed by atoms with Crippen molar-refractivity contribution in [1.82, 2.24) is 0 Å². The summed E-state index contributed by atoms with van der Waals surface area (Å²) in [6.07, 6.45) is 10.4. The van der Waals surface area contributed by atoms with Crippen LogP contribution < -0.4 is 0 Å². The molecule has 0 aliphatic heterocycles. The third-order valence-electron chi connectivity index (χ3n) is 3.50. The minimum Gasteiger partial charge on any atom is -0.393 e. The lowest BCUT2D eigenvalue weighted by Gasteiger charge is -2.24. The Morgan fingerprint density at radius 2 is 1.64 bits per heavy atom. The van der Waals surface area contributed by atoms with Gasteiger partial charge in [0.1, 0.15) is 0 Å². The fourth-order valence-corrected chi connectivity index (χ4v) is 2.38. The van der Waals surface area contributed by atoms with Crippen molar-refractivity contribution in [2.45, 2.75) is 57.5 Å². The summed E-state index contributed by atoms with van der Waals surface area (Å²) in [4.78, 5) is 0. The molecule has 0 bridgehead atoms. The fourth-order valence-electron chi connectivity index (χ4n) is 2.38. The molecule has 64 valence electrons.